The number of aryl methyl sites for hydroxylation is 2. The molecule has 1 heterocycles. The fourth-order valence-electron chi connectivity index (χ4n) is 3.14. The molecule has 0 saturated carbocycles. The Labute approximate surface area is 180 Å². The van der Waals surface area contributed by atoms with Gasteiger partial charge in [0.15, 0.2) is 0 Å². The van der Waals surface area contributed by atoms with Crippen LogP contribution in [0.5, 0.6) is 5.75 Å². The Hall–Kier alpha value is -3.12. The molecule has 6 nitrogen and oxygen atoms in total. The van der Waals surface area contributed by atoms with E-state index in [1.165, 1.54) is 6.08 Å². The van der Waals surface area contributed by atoms with Crippen molar-refractivity contribution >= 4 is 41.2 Å². The van der Waals surface area contributed by atoms with Crippen LogP contribution in [0.25, 0.3) is 6.08 Å². The summed E-state index contributed by atoms with van der Waals surface area (Å²) in [6, 6.07) is 9.61. The van der Waals surface area contributed by atoms with Crippen molar-refractivity contribution in [3.05, 3.63) is 63.7 Å². The predicted molar refractivity (Wildman–Crippen MR) is 117 cm³/mol. The number of hydrogen-bond acceptors (Lipinski definition) is 4. The molecule has 0 aromatic heterocycles. The fraction of sp³-hybridized carbons (Fsp3) is 0.261. The molecule has 0 aliphatic carbocycles. The smallest absolute Gasteiger partial charge is 0.335 e. The normalized spacial score (nSPS) is 16.6. The maximum Gasteiger partial charge on any atom is 0.335 e. The standard InChI is InChI=1S/C23H23ClN2O4/c1-5-15(4)30-20-7-6-16(12-19(20)24)11-18-21(27)25-23(29)26(22(18)28)17-9-13(2)8-14(3)10-17/h6-12,15H,5H2,1-4H3,(H,25,27,29). The molecule has 156 valence electrons. The second kappa shape index (κ2) is 8.71. The summed E-state index contributed by atoms with van der Waals surface area (Å²) in [7, 11) is 0. The first-order valence-corrected chi connectivity index (χ1v) is 10.0. The van der Waals surface area contributed by atoms with Gasteiger partial charge in [-0.3, -0.25) is 14.9 Å². The average Bonchev–Trinajstić information content (AvgIpc) is 2.66. The van der Waals surface area contributed by atoms with Gasteiger partial charge in [0.25, 0.3) is 11.8 Å². The maximum atomic E-state index is 13.0. The van der Waals surface area contributed by atoms with Crippen LogP contribution in [0, 0.1) is 13.8 Å². The first-order chi connectivity index (χ1) is 14.2. The Morgan fingerprint density at radius 2 is 1.77 bits per heavy atom. The number of amides is 4. The van der Waals surface area contributed by atoms with Crippen LogP contribution in [-0.2, 0) is 9.59 Å². The highest BCUT2D eigenvalue weighted by Crippen LogP contribution is 2.29. The van der Waals surface area contributed by atoms with Crippen LogP contribution in [0.3, 0.4) is 0 Å². The Morgan fingerprint density at radius 3 is 2.37 bits per heavy atom. The van der Waals surface area contributed by atoms with E-state index in [4.69, 9.17) is 16.3 Å². The van der Waals surface area contributed by atoms with E-state index in [0.29, 0.717) is 22.0 Å². The monoisotopic (exact) mass is 426 g/mol. The van der Waals surface area contributed by atoms with Gasteiger partial charge in [0, 0.05) is 0 Å². The van der Waals surface area contributed by atoms with Crippen molar-refractivity contribution in [2.24, 2.45) is 0 Å². The Balaban J connectivity index is 1.95. The van der Waals surface area contributed by atoms with E-state index < -0.39 is 17.8 Å². The molecule has 1 saturated heterocycles. The minimum Gasteiger partial charge on any atom is -0.489 e. The third kappa shape index (κ3) is 4.54. The molecular formula is C23H23ClN2O4. The van der Waals surface area contributed by atoms with Crippen molar-refractivity contribution in [3.63, 3.8) is 0 Å². The van der Waals surface area contributed by atoms with E-state index in [1.54, 1.807) is 30.3 Å². The lowest BCUT2D eigenvalue weighted by atomic mass is 10.1. The lowest BCUT2D eigenvalue weighted by Crippen LogP contribution is -2.54. The summed E-state index contributed by atoms with van der Waals surface area (Å²) in [6.07, 6.45) is 2.26. The van der Waals surface area contributed by atoms with Crippen molar-refractivity contribution in [2.75, 3.05) is 4.90 Å². The number of rotatable bonds is 5. The van der Waals surface area contributed by atoms with E-state index in [-0.39, 0.29) is 11.7 Å². The van der Waals surface area contributed by atoms with Crippen LogP contribution < -0.4 is 15.0 Å². The molecule has 1 aliphatic rings. The lowest BCUT2D eigenvalue weighted by molar-refractivity contribution is -0.122. The largest absolute Gasteiger partial charge is 0.489 e. The third-order valence-electron chi connectivity index (χ3n) is 4.74. The van der Waals surface area contributed by atoms with E-state index in [9.17, 15) is 14.4 Å². The predicted octanol–water partition coefficient (Wildman–Crippen LogP) is 4.80. The summed E-state index contributed by atoms with van der Waals surface area (Å²) >= 11 is 6.30. The van der Waals surface area contributed by atoms with Gasteiger partial charge < -0.3 is 4.74 Å². The summed E-state index contributed by atoms with van der Waals surface area (Å²) in [5.41, 5.74) is 2.60. The van der Waals surface area contributed by atoms with Gasteiger partial charge in [-0.1, -0.05) is 30.7 Å². The van der Waals surface area contributed by atoms with Crippen LogP contribution in [0.4, 0.5) is 10.5 Å². The molecule has 1 N–H and O–H groups in total. The molecule has 1 atom stereocenters. The molecule has 2 aromatic carbocycles. The van der Waals surface area contributed by atoms with Crippen molar-refractivity contribution < 1.29 is 19.1 Å². The van der Waals surface area contributed by atoms with Gasteiger partial charge in [-0.25, -0.2) is 9.69 Å². The zero-order valence-corrected chi connectivity index (χ0v) is 18.0. The quantitative estimate of drug-likeness (QED) is 0.550. The molecule has 1 fully saturated rings. The van der Waals surface area contributed by atoms with Crippen LogP contribution in [0.2, 0.25) is 5.02 Å². The van der Waals surface area contributed by atoms with Gasteiger partial charge >= 0.3 is 6.03 Å². The van der Waals surface area contributed by atoms with Gasteiger partial charge in [-0.05, 0) is 74.2 Å². The van der Waals surface area contributed by atoms with Crippen LogP contribution >= 0.6 is 11.6 Å². The highest BCUT2D eigenvalue weighted by molar-refractivity contribution is 6.39. The number of hydrogen-bond donors (Lipinski definition) is 1. The number of urea groups is 1. The number of nitrogens with zero attached hydrogens (tertiary/aromatic N) is 1. The number of barbiturate groups is 1. The average molecular weight is 427 g/mol. The highest BCUT2D eigenvalue weighted by Gasteiger charge is 2.37. The molecule has 3 rings (SSSR count). The number of ether oxygens (including phenoxy) is 1. The molecule has 1 unspecified atom stereocenters. The first kappa shape index (κ1) is 21.6. The summed E-state index contributed by atoms with van der Waals surface area (Å²) < 4.78 is 5.74. The van der Waals surface area contributed by atoms with Gasteiger partial charge in [0.2, 0.25) is 0 Å². The van der Waals surface area contributed by atoms with Crippen LogP contribution in [-0.4, -0.2) is 23.9 Å². The van der Waals surface area contributed by atoms with Crippen LogP contribution in [0.1, 0.15) is 37.0 Å². The fourth-order valence-corrected chi connectivity index (χ4v) is 3.37. The first-order valence-electron chi connectivity index (χ1n) is 9.65. The molecule has 0 radical (unpaired) electrons. The van der Waals surface area contributed by atoms with Crippen molar-refractivity contribution in [1.82, 2.24) is 5.32 Å². The number of anilines is 1. The van der Waals surface area contributed by atoms with Crippen molar-refractivity contribution in [2.45, 2.75) is 40.2 Å². The molecule has 2 aromatic rings. The third-order valence-corrected chi connectivity index (χ3v) is 5.03. The van der Waals surface area contributed by atoms with E-state index >= 15 is 0 Å². The van der Waals surface area contributed by atoms with Gasteiger partial charge in [0.05, 0.1) is 16.8 Å². The second-order valence-corrected chi connectivity index (χ2v) is 7.74. The number of carbonyl (C=O) groups excluding carboxylic acids is 3. The van der Waals surface area contributed by atoms with Gasteiger partial charge in [-0.15, -0.1) is 0 Å². The highest BCUT2D eigenvalue weighted by atomic mass is 35.5. The number of carbonyl (C=O) groups is 3. The molecule has 0 spiro atoms. The summed E-state index contributed by atoms with van der Waals surface area (Å²) in [4.78, 5) is 38.7. The minimum absolute atomic E-state index is 0.00904. The van der Waals surface area contributed by atoms with E-state index in [1.807, 2.05) is 33.8 Å². The molecule has 4 amide bonds. The second-order valence-electron chi connectivity index (χ2n) is 7.33. The zero-order valence-electron chi connectivity index (χ0n) is 17.3. The van der Waals surface area contributed by atoms with E-state index in [2.05, 4.69) is 5.32 Å². The number of benzene rings is 2. The summed E-state index contributed by atoms with van der Waals surface area (Å²) in [6.45, 7) is 7.69. The molecule has 7 heteroatoms. The van der Waals surface area contributed by atoms with Crippen molar-refractivity contribution in [3.8, 4) is 5.75 Å². The van der Waals surface area contributed by atoms with E-state index in [0.717, 1.165) is 22.4 Å². The summed E-state index contributed by atoms with van der Waals surface area (Å²) in [5.74, 6) is -0.911. The SMILES string of the molecule is CCC(C)Oc1ccc(C=C2C(=O)NC(=O)N(c3cc(C)cc(C)c3)C2=O)cc1Cl. The van der Waals surface area contributed by atoms with Crippen LogP contribution in [0.15, 0.2) is 42.0 Å². The summed E-state index contributed by atoms with van der Waals surface area (Å²) in [5, 5.41) is 2.60. The Morgan fingerprint density at radius 1 is 1.10 bits per heavy atom. The molecule has 1 aliphatic heterocycles. The molecule has 30 heavy (non-hydrogen) atoms. The van der Waals surface area contributed by atoms with Gasteiger partial charge in [0.1, 0.15) is 11.3 Å². The molecular weight excluding hydrogens is 404 g/mol. The number of imide groups is 2. The number of halogens is 1. The zero-order chi connectivity index (χ0) is 22.0. The molecule has 0 bridgehead atoms. The lowest BCUT2D eigenvalue weighted by Gasteiger charge is -2.27. The Kier molecular flexibility index (Phi) is 6.27. The maximum absolute atomic E-state index is 13.0. The topological polar surface area (TPSA) is 75.7 Å². The van der Waals surface area contributed by atoms with Crippen molar-refractivity contribution in [1.29, 1.82) is 0 Å². The van der Waals surface area contributed by atoms with Gasteiger partial charge in [-0.2, -0.15) is 0 Å². The number of nitrogens with one attached hydrogen (secondary N) is 1. The Bertz CT molecular complexity index is 1040. The minimum atomic E-state index is -0.775.